The van der Waals surface area contributed by atoms with Crippen molar-refractivity contribution in [1.29, 1.82) is 0 Å². The van der Waals surface area contributed by atoms with Crippen LogP contribution in [0.2, 0.25) is 0 Å². The highest BCUT2D eigenvalue weighted by Gasteiger charge is 2.10. The van der Waals surface area contributed by atoms with E-state index in [-0.39, 0.29) is 5.75 Å². The van der Waals surface area contributed by atoms with Crippen LogP contribution in [0.25, 0.3) is 0 Å². The molecule has 4 heteroatoms. The van der Waals surface area contributed by atoms with Gasteiger partial charge in [0.2, 0.25) is 0 Å². The Morgan fingerprint density at radius 2 is 1.92 bits per heavy atom. The number of fused-ring (bicyclic) bond motifs is 1. The van der Waals surface area contributed by atoms with Gasteiger partial charge in [-0.05, 0) is 56.4 Å². The number of hydrogen-bond acceptors (Lipinski definition) is 4. The van der Waals surface area contributed by atoms with E-state index in [0.717, 1.165) is 55.1 Å². The number of unbranched alkanes of at least 4 members (excludes halogenated alkanes) is 1. The molecule has 1 aliphatic rings. The van der Waals surface area contributed by atoms with Gasteiger partial charge in [-0.1, -0.05) is 12.1 Å². The maximum absolute atomic E-state index is 9.64. The van der Waals surface area contributed by atoms with E-state index in [1.165, 1.54) is 5.56 Å². The molecule has 2 aromatic carbocycles. The zero-order valence-corrected chi connectivity index (χ0v) is 14.1. The minimum Gasteiger partial charge on any atom is -0.508 e. The fourth-order valence-electron chi connectivity index (χ4n) is 2.75. The van der Waals surface area contributed by atoms with Gasteiger partial charge in [0.15, 0.2) is 0 Å². The fourth-order valence-corrected chi connectivity index (χ4v) is 2.75. The molecule has 1 heterocycles. The van der Waals surface area contributed by atoms with Gasteiger partial charge in [0.25, 0.3) is 0 Å². The molecule has 1 N–H and O–H groups in total. The lowest BCUT2D eigenvalue weighted by Gasteiger charge is -2.18. The molecule has 4 nitrogen and oxygen atoms in total. The Morgan fingerprint density at radius 3 is 2.79 bits per heavy atom. The maximum atomic E-state index is 9.64. The molecule has 0 aromatic heterocycles. The number of benzene rings is 2. The first-order chi connectivity index (χ1) is 11.7. The number of phenolic OH excluding ortho intramolecular Hbond substituents is 1. The number of hydrogen-bond donors (Lipinski definition) is 1. The third kappa shape index (κ3) is 4.13. The van der Waals surface area contributed by atoms with Crippen molar-refractivity contribution in [2.75, 3.05) is 19.8 Å². The van der Waals surface area contributed by atoms with Crippen molar-refractivity contribution < 1.29 is 19.3 Å². The molecule has 0 atom stereocenters. The largest absolute Gasteiger partial charge is 0.508 e. The molecule has 1 aliphatic heterocycles. The lowest BCUT2D eigenvalue weighted by molar-refractivity contribution is 0.260. The van der Waals surface area contributed by atoms with Crippen LogP contribution in [0, 0.1) is 6.92 Å². The predicted molar refractivity (Wildman–Crippen MR) is 93.3 cm³/mol. The van der Waals surface area contributed by atoms with Crippen LogP contribution in [-0.2, 0) is 6.42 Å². The zero-order valence-electron chi connectivity index (χ0n) is 14.1. The summed E-state index contributed by atoms with van der Waals surface area (Å²) >= 11 is 0. The van der Waals surface area contributed by atoms with E-state index in [4.69, 9.17) is 14.2 Å². The summed E-state index contributed by atoms with van der Waals surface area (Å²) in [5.74, 6) is 2.83. The summed E-state index contributed by atoms with van der Waals surface area (Å²) in [6.07, 6.45) is 3.99. The van der Waals surface area contributed by atoms with Crippen molar-refractivity contribution in [1.82, 2.24) is 0 Å². The van der Waals surface area contributed by atoms with Gasteiger partial charge in [0.05, 0.1) is 19.8 Å². The number of aryl methyl sites for hydroxylation is 1. The van der Waals surface area contributed by atoms with E-state index in [1.807, 2.05) is 25.1 Å². The van der Waals surface area contributed by atoms with E-state index in [1.54, 1.807) is 12.1 Å². The first kappa shape index (κ1) is 16.5. The Bertz CT molecular complexity index is 681. The molecular weight excluding hydrogens is 304 g/mol. The van der Waals surface area contributed by atoms with Crippen molar-refractivity contribution in [3.8, 4) is 23.0 Å². The standard InChI is InChI=1S/C20H24O4/c1-15-18(21)7-4-8-19(15)23-12-3-2-11-22-17-10-9-16-6-5-13-24-20(16)14-17/h4,7-10,14,21H,2-3,5-6,11-13H2,1H3. The van der Waals surface area contributed by atoms with Crippen LogP contribution in [0.4, 0.5) is 0 Å². The normalized spacial score (nSPS) is 13.0. The molecule has 0 bridgehead atoms. The maximum Gasteiger partial charge on any atom is 0.126 e. The summed E-state index contributed by atoms with van der Waals surface area (Å²) in [7, 11) is 0. The topological polar surface area (TPSA) is 47.9 Å². The van der Waals surface area contributed by atoms with Gasteiger partial charge in [0.1, 0.15) is 23.0 Å². The minimum atomic E-state index is 0.269. The highest BCUT2D eigenvalue weighted by atomic mass is 16.5. The third-order valence-corrected chi connectivity index (χ3v) is 4.21. The van der Waals surface area contributed by atoms with Crippen molar-refractivity contribution in [2.45, 2.75) is 32.6 Å². The quantitative estimate of drug-likeness (QED) is 0.771. The Kier molecular flexibility index (Phi) is 5.47. The molecular formula is C20H24O4. The molecule has 24 heavy (non-hydrogen) atoms. The molecule has 0 spiro atoms. The molecule has 0 fully saturated rings. The van der Waals surface area contributed by atoms with Crippen LogP contribution in [0.3, 0.4) is 0 Å². The molecule has 0 saturated heterocycles. The van der Waals surface area contributed by atoms with Crippen molar-refractivity contribution >= 4 is 0 Å². The Morgan fingerprint density at radius 1 is 1.08 bits per heavy atom. The average molecular weight is 328 g/mol. The summed E-state index contributed by atoms with van der Waals surface area (Å²) in [5.41, 5.74) is 2.05. The third-order valence-electron chi connectivity index (χ3n) is 4.21. The minimum absolute atomic E-state index is 0.269. The molecule has 0 saturated carbocycles. The van der Waals surface area contributed by atoms with Crippen molar-refractivity contribution in [3.05, 3.63) is 47.5 Å². The monoisotopic (exact) mass is 328 g/mol. The van der Waals surface area contributed by atoms with Gasteiger partial charge < -0.3 is 19.3 Å². The Balaban J connectivity index is 1.37. The first-order valence-corrected chi connectivity index (χ1v) is 8.54. The summed E-state index contributed by atoms with van der Waals surface area (Å²) in [6, 6.07) is 11.4. The first-order valence-electron chi connectivity index (χ1n) is 8.54. The highest BCUT2D eigenvalue weighted by molar-refractivity contribution is 5.43. The number of aromatic hydroxyl groups is 1. The number of ether oxygens (including phenoxy) is 3. The lowest BCUT2D eigenvalue weighted by atomic mass is 10.1. The van der Waals surface area contributed by atoms with E-state index >= 15 is 0 Å². The van der Waals surface area contributed by atoms with E-state index in [0.29, 0.717) is 13.2 Å². The Labute approximate surface area is 143 Å². The van der Waals surface area contributed by atoms with Crippen LogP contribution in [0.5, 0.6) is 23.0 Å². The van der Waals surface area contributed by atoms with Gasteiger partial charge in [-0.2, -0.15) is 0 Å². The second kappa shape index (κ2) is 7.95. The van der Waals surface area contributed by atoms with E-state index in [9.17, 15) is 5.11 Å². The summed E-state index contributed by atoms with van der Waals surface area (Å²) in [6.45, 7) is 3.91. The molecule has 128 valence electrons. The van der Waals surface area contributed by atoms with Gasteiger partial charge in [0, 0.05) is 11.6 Å². The fraction of sp³-hybridized carbons (Fsp3) is 0.400. The molecule has 0 unspecified atom stereocenters. The van der Waals surface area contributed by atoms with Crippen LogP contribution in [-0.4, -0.2) is 24.9 Å². The highest BCUT2D eigenvalue weighted by Crippen LogP contribution is 2.29. The molecule has 2 aromatic rings. The lowest BCUT2D eigenvalue weighted by Crippen LogP contribution is -2.08. The number of phenols is 1. The molecule has 0 amide bonds. The van der Waals surface area contributed by atoms with Crippen LogP contribution < -0.4 is 14.2 Å². The molecule has 3 rings (SSSR count). The van der Waals surface area contributed by atoms with Gasteiger partial charge in [-0.25, -0.2) is 0 Å². The number of rotatable bonds is 7. The molecule has 0 aliphatic carbocycles. The smallest absolute Gasteiger partial charge is 0.126 e. The zero-order chi connectivity index (χ0) is 16.8. The van der Waals surface area contributed by atoms with E-state index < -0.39 is 0 Å². The summed E-state index contributed by atoms with van der Waals surface area (Å²) < 4.78 is 17.2. The van der Waals surface area contributed by atoms with Crippen LogP contribution in [0.15, 0.2) is 36.4 Å². The summed E-state index contributed by atoms with van der Waals surface area (Å²) in [4.78, 5) is 0. The second-order valence-corrected chi connectivity index (χ2v) is 6.03. The van der Waals surface area contributed by atoms with Crippen LogP contribution in [0.1, 0.15) is 30.4 Å². The Hall–Kier alpha value is -2.36. The molecule has 0 radical (unpaired) electrons. The van der Waals surface area contributed by atoms with Crippen molar-refractivity contribution in [3.63, 3.8) is 0 Å². The predicted octanol–water partition coefficient (Wildman–Crippen LogP) is 4.26. The summed E-state index contributed by atoms with van der Waals surface area (Å²) in [5, 5.41) is 9.64. The average Bonchev–Trinajstić information content (AvgIpc) is 2.61. The van der Waals surface area contributed by atoms with Gasteiger partial charge >= 0.3 is 0 Å². The van der Waals surface area contributed by atoms with Gasteiger partial charge in [-0.15, -0.1) is 0 Å². The van der Waals surface area contributed by atoms with Crippen molar-refractivity contribution in [2.24, 2.45) is 0 Å². The van der Waals surface area contributed by atoms with Crippen LogP contribution >= 0.6 is 0 Å². The second-order valence-electron chi connectivity index (χ2n) is 6.03. The SMILES string of the molecule is Cc1c(O)cccc1OCCCCOc1ccc2c(c1)OCCC2. The van der Waals surface area contributed by atoms with E-state index in [2.05, 4.69) is 6.07 Å². The van der Waals surface area contributed by atoms with Gasteiger partial charge in [-0.3, -0.25) is 0 Å².